The molecule has 0 fully saturated rings. The topological polar surface area (TPSA) is 82.9 Å². The first kappa shape index (κ1) is 22.5. The van der Waals surface area contributed by atoms with Gasteiger partial charge in [-0.3, -0.25) is 14.3 Å². The molecule has 1 aromatic carbocycles. The Balaban J connectivity index is 2.24. The first-order valence-electron chi connectivity index (χ1n) is 10.0. The monoisotopic (exact) mass is 426 g/mol. The predicted octanol–water partition coefficient (Wildman–Crippen LogP) is 4.03. The number of fused-ring (bicyclic) bond motifs is 1. The van der Waals surface area contributed by atoms with Crippen LogP contribution in [-0.4, -0.2) is 23.8 Å². The highest BCUT2D eigenvalue weighted by molar-refractivity contribution is 7.90. The van der Waals surface area contributed by atoms with Crippen LogP contribution in [0.3, 0.4) is 0 Å². The molecule has 3 rings (SSSR count). The van der Waals surface area contributed by atoms with Gasteiger partial charge in [0.2, 0.25) is 0 Å². The van der Waals surface area contributed by atoms with Gasteiger partial charge in [0, 0.05) is 41.4 Å². The summed E-state index contributed by atoms with van der Waals surface area (Å²) in [5.74, 6) is 0.576. The van der Waals surface area contributed by atoms with E-state index in [9.17, 15) is 9.35 Å². The zero-order chi connectivity index (χ0) is 22.4. The molecular weight excluding hydrogens is 396 g/mol. The number of aromatic nitrogens is 3. The second-order valence-electron chi connectivity index (χ2n) is 8.91. The van der Waals surface area contributed by atoms with E-state index in [0.29, 0.717) is 16.7 Å². The van der Waals surface area contributed by atoms with Crippen LogP contribution in [0.4, 0.5) is 0 Å². The molecule has 0 radical (unpaired) electrons. The van der Waals surface area contributed by atoms with Crippen molar-refractivity contribution in [3.63, 3.8) is 0 Å². The largest absolute Gasteiger partial charge is 0.598 e. The van der Waals surface area contributed by atoms with Crippen LogP contribution in [0.25, 0.3) is 22.3 Å². The Bertz CT molecular complexity index is 1160. The molecule has 6 nitrogen and oxygen atoms in total. The molecule has 30 heavy (non-hydrogen) atoms. The van der Waals surface area contributed by atoms with Crippen molar-refractivity contribution in [3.8, 4) is 11.4 Å². The highest BCUT2D eigenvalue weighted by Crippen LogP contribution is 2.28. The normalized spacial score (nSPS) is 14.2. The molecule has 2 aromatic heterocycles. The highest BCUT2D eigenvalue weighted by atomic mass is 32.2. The van der Waals surface area contributed by atoms with Crippen molar-refractivity contribution in [1.82, 2.24) is 19.3 Å². The fourth-order valence-corrected chi connectivity index (χ4v) is 4.26. The summed E-state index contributed by atoms with van der Waals surface area (Å²) >= 11 is -1.25. The van der Waals surface area contributed by atoms with Gasteiger partial charge >= 0.3 is 0 Å². The fraction of sp³-hybridized carbons (Fsp3) is 0.435. The minimum atomic E-state index is -1.25. The lowest BCUT2D eigenvalue weighted by atomic mass is 10.0. The van der Waals surface area contributed by atoms with Gasteiger partial charge in [0.1, 0.15) is 10.6 Å². The van der Waals surface area contributed by atoms with E-state index in [4.69, 9.17) is 4.98 Å². The second kappa shape index (κ2) is 8.13. The summed E-state index contributed by atoms with van der Waals surface area (Å²) < 4.78 is 17.0. The summed E-state index contributed by atoms with van der Waals surface area (Å²) in [5, 5.41) is 0.559. The molecule has 2 heterocycles. The van der Waals surface area contributed by atoms with Crippen molar-refractivity contribution >= 4 is 22.3 Å². The Kier molecular flexibility index (Phi) is 6.09. The quantitative estimate of drug-likeness (QED) is 0.637. The summed E-state index contributed by atoms with van der Waals surface area (Å²) in [6.07, 6.45) is 1.77. The molecular formula is C23H30N4O2S. The molecule has 0 saturated heterocycles. The summed E-state index contributed by atoms with van der Waals surface area (Å²) in [6, 6.07) is 5.62. The third-order valence-electron chi connectivity index (χ3n) is 5.15. The summed E-state index contributed by atoms with van der Waals surface area (Å²) in [4.78, 5) is 22.5. The Morgan fingerprint density at radius 3 is 2.43 bits per heavy atom. The van der Waals surface area contributed by atoms with Crippen LogP contribution in [0.5, 0.6) is 0 Å². The van der Waals surface area contributed by atoms with Crippen molar-refractivity contribution in [2.45, 2.75) is 59.3 Å². The summed E-state index contributed by atoms with van der Waals surface area (Å²) in [5.41, 5.74) is 5.10. The lowest BCUT2D eigenvalue weighted by Crippen LogP contribution is -2.40. The molecule has 160 valence electrons. The SMILES string of the molecule is Cc1cc([C@@H](C)N[S+]([O-])C(C)(C)C)c2nc(-c3cnc(C)cc3C)n(C)c(=O)c2c1. The van der Waals surface area contributed by atoms with E-state index in [2.05, 4.69) is 9.71 Å². The average Bonchev–Trinajstić information content (AvgIpc) is 2.64. The summed E-state index contributed by atoms with van der Waals surface area (Å²) in [7, 11) is 1.74. The number of rotatable bonds is 4. The van der Waals surface area contributed by atoms with Crippen molar-refractivity contribution in [2.24, 2.45) is 7.05 Å². The molecule has 0 bridgehead atoms. The van der Waals surface area contributed by atoms with Gasteiger partial charge < -0.3 is 4.55 Å². The maximum Gasteiger partial charge on any atom is 0.261 e. The minimum absolute atomic E-state index is 0.107. The average molecular weight is 427 g/mol. The van der Waals surface area contributed by atoms with Crippen LogP contribution in [-0.2, 0) is 18.4 Å². The first-order chi connectivity index (χ1) is 13.9. The molecule has 1 N–H and O–H groups in total. The van der Waals surface area contributed by atoms with Crippen LogP contribution < -0.4 is 10.3 Å². The van der Waals surface area contributed by atoms with Gasteiger partial charge in [-0.25, -0.2) is 4.98 Å². The van der Waals surface area contributed by atoms with Gasteiger partial charge in [-0.2, -0.15) is 0 Å². The predicted molar refractivity (Wildman–Crippen MR) is 124 cm³/mol. The Hall–Kier alpha value is -2.22. The molecule has 1 unspecified atom stereocenters. The highest BCUT2D eigenvalue weighted by Gasteiger charge is 2.29. The zero-order valence-electron chi connectivity index (χ0n) is 19.0. The van der Waals surface area contributed by atoms with E-state index in [1.807, 2.05) is 66.7 Å². The van der Waals surface area contributed by atoms with Gasteiger partial charge in [0.05, 0.1) is 16.9 Å². The van der Waals surface area contributed by atoms with Gasteiger partial charge in [0.15, 0.2) is 0 Å². The number of pyridine rings is 1. The van der Waals surface area contributed by atoms with Crippen LogP contribution >= 0.6 is 0 Å². The number of aryl methyl sites for hydroxylation is 3. The van der Waals surface area contributed by atoms with Crippen LogP contribution in [0.1, 0.15) is 56.1 Å². The standard InChI is InChI=1S/C23H30N4O2S/c1-13-9-17(16(4)26-30(29)23(5,6)7)20-18(10-13)22(28)27(8)21(25-20)19-12-24-15(3)11-14(19)2/h9-12,16,26H,1-8H3/t16-,30?/m1/s1. The molecule has 2 atom stereocenters. The van der Waals surface area contributed by atoms with E-state index in [0.717, 1.165) is 27.9 Å². The number of hydrogen-bond acceptors (Lipinski definition) is 5. The molecule has 0 saturated carbocycles. The van der Waals surface area contributed by atoms with E-state index in [1.165, 1.54) is 0 Å². The second-order valence-corrected chi connectivity index (χ2v) is 10.9. The van der Waals surface area contributed by atoms with Gasteiger partial charge in [-0.05, 0) is 71.7 Å². The van der Waals surface area contributed by atoms with Gasteiger partial charge in [0.25, 0.3) is 5.56 Å². The Labute approximate surface area is 181 Å². The molecule has 3 aromatic rings. The maximum atomic E-state index is 13.2. The Morgan fingerprint density at radius 2 is 1.83 bits per heavy atom. The molecule has 0 aliphatic heterocycles. The van der Waals surface area contributed by atoms with E-state index >= 15 is 0 Å². The smallest absolute Gasteiger partial charge is 0.261 e. The van der Waals surface area contributed by atoms with Crippen molar-refractivity contribution in [1.29, 1.82) is 0 Å². The number of nitrogens with one attached hydrogen (secondary N) is 1. The maximum absolute atomic E-state index is 13.2. The molecule has 0 amide bonds. The van der Waals surface area contributed by atoms with Crippen LogP contribution in [0.2, 0.25) is 0 Å². The molecule has 0 spiro atoms. The van der Waals surface area contributed by atoms with Crippen LogP contribution in [0.15, 0.2) is 29.2 Å². The first-order valence-corrected chi connectivity index (χ1v) is 11.2. The summed E-state index contributed by atoms with van der Waals surface area (Å²) in [6.45, 7) is 13.6. The lowest BCUT2D eigenvalue weighted by molar-refractivity contribution is 0.531. The zero-order valence-corrected chi connectivity index (χ0v) is 19.8. The number of nitrogens with zero attached hydrogens (tertiary/aromatic N) is 3. The van der Waals surface area contributed by atoms with Gasteiger partial charge in [-0.1, -0.05) is 6.07 Å². The van der Waals surface area contributed by atoms with Crippen molar-refractivity contribution < 1.29 is 4.55 Å². The van der Waals surface area contributed by atoms with E-state index < -0.39 is 16.1 Å². The number of benzene rings is 1. The van der Waals surface area contributed by atoms with E-state index in [-0.39, 0.29) is 11.6 Å². The third kappa shape index (κ3) is 4.29. The van der Waals surface area contributed by atoms with Gasteiger partial charge in [-0.15, -0.1) is 4.72 Å². The number of hydrogen-bond donors (Lipinski definition) is 1. The van der Waals surface area contributed by atoms with Crippen molar-refractivity contribution in [2.75, 3.05) is 0 Å². The molecule has 0 aliphatic carbocycles. The fourth-order valence-electron chi connectivity index (χ4n) is 3.45. The third-order valence-corrected chi connectivity index (χ3v) is 6.83. The minimum Gasteiger partial charge on any atom is -0.598 e. The Morgan fingerprint density at radius 1 is 1.17 bits per heavy atom. The van der Waals surface area contributed by atoms with Crippen LogP contribution in [0, 0.1) is 20.8 Å². The molecule has 7 heteroatoms. The van der Waals surface area contributed by atoms with Crippen molar-refractivity contribution in [3.05, 3.63) is 57.1 Å². The lowest BCUT2D eigenvalue weighted by Gasteiger charge is -2.27. The van der Waals surface area contributed by atoms with E-state index in [1.54, 1.807) is 17.8 Å². The molecule has 0 aliphatic rings.